The van der Waals surface area contributed by atoms with Gasteiger partial charge < -0.3 is 4.90 Å². The molecule has 1 fully saturated rings. The summed E-state index contributed by atoms with van der Waals surface area (Å²) in [5, 5.41) is 0. The van der Waals surface area contributed by atoms with Crippen LogP contribution in [0, 0.1) is 11.3 Å². The van der Waals surface area contributed by atoms with E-state index >= 15 is 0 Å². The van der Waals surface area contributed by atoms with E-state index in [1.54, 1.807) is 6.92 Å². The molecule has 1 aliphatic carbocycles. The zero-order valence-corrected chi connectivity index (χ0v) is 12.1. The summed E-state index contributed by atoms with van der Waals surface area (Å²) in [6.45, 7) is 7.31. The number of rotatable bonds is 1. The number of likely N-dealkylation sites (tertiary alicyclic amines) is 1. The normalized spacial score (nSPS) is 29.3. The topological polar surface area (TPSA) is 20.3 Å². The van der Waals surface area contributed by atoms with Crippen LogP contribution in [0.5, 0.6) is 0 Å². The van der Waals surface area contributed by atoms with Crippen molar-refractivity contribution in [2.24, 2.45) is 11.3 Å². The molecule has 0 aromatic heterocycles. The third-order valence-corrected chi connectivity index (χ3v) is 5.41. The predicted octanol–water partition coefficient (Wildman–Crippen LogP) is 3.57. The van der Waals surface area contributed by atoms with Crippen molar-refractivity contribution < 1.29 is 4.79 Å². The van der Waals surface area contributed by atoms with Gasteiger partial charge in [0.25, 0.3) is 0 Å². The molecular weight excluding hydrogens is 234 g/mol. The van der Waals surface area contributed by atoms with Crippen LogP contribution in [0.3, 0.4) is 0 Å². The van der Waals surface area contributed by atoms with E-state index in [2.05, 4.69) is 43.0 Å². The van der Waals surface area contributed by atoms with Crippen LogP contribution >= 0.6 is 0 Å². The van der Waals surface area contributed by atoms with Crippen molar-refractivity contribution in [3.63, 3.8) is 0 Å². The molecule has 1 heterocycles. The molecule has 2 bridgehead atoms. The van der Waals surface area contributed by atoms with Gasteiger partial charge in [-0.25, -0.2) is 0 Å². The van der Waals surface area contributed by atoms with Gasteiger partial charge in [0.2, 0.25) is 5.91 Å². The van der Waals surface area contributed by atoms with Gasteiger partial charge in [-0.2, -0.15) is 0 Å². The Labute approximate surface area is 115 Å². The average molecular weight is 257 g/mol. The number of carbonyl (C=O) groups is 1. The fraction of sp³-hybridized carbons (Fsp3) is 0.588. The second kappa shape index (κ2) is 4.36. The van der Waals surface area contributed by atoms with Gasteiger partial charge in [0.05, 0.1) is 6.04 Å². The molecule has 1 aromatic carbocycles. The average Bonchev–Trinajstić information content (AvgIpc) is 2.38. The molecule has 2 aliphatic rings. The number of fused-ring (bicyclic) bond motifs is 4. The van der Waals surface area contributed by atoms with Gasteiger partial charge in [-0.3, -0.25) is 4.79 Å². The summed E-state index contributed by atoms with van der Waals surface area (Å²) < 4.78 is 0. The Hall–Kier alpha value is -1.31. The van der Waals surface area contributed by atoms with Crippen molar-refractivity contribution in [1.29, 1.82) is 0 Å². The highest BCUT2D eigenvalue weighted by Gasteiger charge is 2.47. The van der Waals surface area contributed by atoms with Crippen LogP contribution in [-0.2, 0) is 11.2 Å². The van der Waals surface area contributed by atoms with E-state index in [0.29, 0.717) is 17.4 Å². The number of nitrogens with zero attached hydrogens (tertiary/aromatic N) is 1. The molecule has 0 N–H and O–H groups in total. The largest absolute Gasteiger partial charge is 0.336 e. The van der Waals surface area contributed by atoms with Crippen LogP contribution in [0.1, 0.15) is 50.8 Å². The maximum absolute atomic E-state index is 11.9. The Balaban J connectivity index is 2.08. The number of benzene rings is 1. The fourth-order valence-corrected chi connectivity index (χ4v) is 4.04. The molecule has 0 spiro atoms. The van der Waals surface area contributed by atoms with Crippen molar-refractivity contribution >= 4 is 5.91 Å². The standard InChI is InChI=1S/C17H23NO/c1-12(2)17-8-9-18(13(3)19)16(11-17)15-7-5-4-6-14(15)10-17/h4-7,12,16H,8-11H2,1-3H3. The maximum Gasteiger partial charge on any atom is 0.219 e. The Kier molecular flexibility index (Phi) is 2.92. The first kappa shape index (κ1) is 12.7. The molecule has 1 amide bonds. The van der Waals surface area contributed by atoms with Crippen molar-refractivity contribution in [2.75, 3.05) is 6.54 Å². The minimum Gasteiger partial charge on any atom is -0.336 e. The van der Waals surface area contributed by atoms with E-state index in [4.69, 9.17) is 0 Å². The first-order chi connectivity index (χ1) is 9.03. The molecule has 3 rings (SSSR count). The van der Waals surface area contributed by atoms with E-state index in [9.17, 15) is 4.79 Å². The number of hydrogen-bond donors (Lipinski definition) is 0. The lowest BCUT2D eigenvalue weighted by Crippen LogP contribution is -2.50. The van der Waals surface area contributed by atoms with Crippen molar-refractivity contribution in [1.82, 2.24) is 4.90 Å². The van der Waals surface area contributed by atoms with E-state index in [0.717, 1.165) is 19.4 Å². The van der Waals surface area contributed by atoms with E-state index < -0.39 is 0 Å². The molecule has 1 aromatic rings. The minimum atomic E-state index is 0.221. The zero-order valence-electron chi connectivity index (χ0n) is 12.1. The summed E-state index contributed by atoms with van der Waals surface area (Å²) in [6, 6.07) is 9.01. The predicted molar refractivity (Wildman–Crippen MR) is 76.8 cm³/mol. The first-order valence-electron chi connectivity index (χ1n) is 7.38. The Morgan fingerprint density at radius 2 is 2.11 bits per heavy atom. The second-order valence-corrected chi connectivity index (χ2v) is 6.57. The lowest BCUT2D eigenvalue weighted by molar-refractivity contribution is -0.136. The third kappa shape index (κ3) is 1.89. The second-order valence-electron chi connectivity index (χ2n) is 6.57. The molecule has 2 nitrogen and oxygen atoms in total. The lowest BCUT2D eigenvalue weighted by Gasteiger charge is -2.53. The smallest absolute Gasteiger partial charge is 0.219 e. The lowest BCUT2D eigenvalue weighted by atomic mass is 9.60. The Morgan fingerprint density at radius 3 is 2.79 bits per heavy atom. The summed E-state index contributed by atoms with van der Waals surface area (Å²) >= 11 is 0. The summed E-state index contributed by atoms with van der Waals surface area (Å²) in [7, 11) is 0. The number of piperidine rings is 1. The van der Waals surface area contributed by atoms with Gasteiger partial charge in [-0.15, -0.1) is 0 Å². The van der Waals surface area contributed by atoms with Gasteiger partial charge in [0, 0.05) is 13.5 Å². The summed E-state index contributed by atoms with van der Waals surface area (Å²) in [6.07, 6.45) is 3.47. The Bertz CT molecular complexity index is 508. The monoisotopic (exact) mass is 257 g/mol. The minimum absolute atomic E-state index is 0.221. The molecule has 0 radical (unpaired) electrons. The number of hydrogen-bond acceptors (Lipinski definition) is 1. The molecule has 0 saturated carbocycles. The SMILES string of the molecule is CC(=O)N1CCC2(C(C)C)Cc3ccccc3C1C2. The van der Waals surface area contributed by atoms with E-state index in [-0.39, 0.29) is 5.91 Å². The number of amides is 1. The quantitative estimate of drug-likeness (QED) is 0.753. The molecule has 2 atom stereocenters. The van der Waals surface area contributed by atoms with E-state index in [1.807, 2.05) is 0 Å². The van der Waals surface area contributed by atoms with Gasteiger partial charge >= 0.3 is 0 Å². The molecule has 102 valence electrons. The maximum atomic E-state index is 11.9. The van der Waals surface area contributed by atoms with E-state index in [1.165, 1.54) is 17.5 Å². The van der Waals surface area contributed by atoms with Crippen LogP contribution in [0.15, 0.2) is 24.3 Å². The van der Waals surface area contributed by atoms with Crippen LogP contribution in [0.25, 0.3) is 0 Å². The van der Waals surface area contributed by atoms with Crippen LogP contribution in [0.2, 0.25) is 0 Å². The van der Waals surface area contributed by atoms with Crippen LogP contribution in [-0.4, -0.2) is 17.4 Å². The highest BCUT2D eigenvalue weighted by molar-refractivity contribution is 5.74. The molecule has 1 saturated heterocycles. The highest BCUT2D eigenvalue weighted by atomic mass is 16.2. The Morgan fingerprint density at radius 1 is 1.37 bits per heavy atom. The van der Waals surface area contributed by atoms with Gasteiger partial charge in [0.1, 0.15) is 0 Å². The summed E-state index contributed by atoms with van der Waals surface area (Å²) in [5.41, 5.74) is 3.23. The highest BCUT2D eigenvalue weighted by Crippen LogP contribution is 2.53. The van der Waals surface area contributed by atoms with Gasteiger partial charge in [-0.1, -0.05) is 38.1 Å². The zero-order chi connectivity index (χ0) is 13.6. The molecule has 2 unspecified atom stereocenters. The fourth-order valence-electron chi connectivity index (χ4n) is 4.04. The molecule has 19 heavy (non-hydrogen) atoms. The summed E-state index contributed by atoms with van der Waals surface area (Å²) in [4.78, 5) is 14.0. The molecular formula is C17H23NO. The van der Waals surface area contributed by atoms with Gasteiger partial charge in [0.15, 0.2) is 0 Å². The molecule has 2 heteroatoms. The molecule has 1 aliphatic heterocycles. The first-order valence-corrected chi connectivity index (χ1v) is 7.38. The third-order valence-electron chi connectivity index (χ3n) is 5.41. The van der Waals surface area contributed by atoms with Crippen molar-refractivity contribution in [3.8, 4) is 0 Å². The number of carbonyl (C=O) groups excluding carboxylic acids is 1. The summed E-state index contributed by atoms with van der Waals surface area (Å²) in [5.74, 6) is 0.900. The van der Waals surface area contributed by atoms with Gasteiger partial charge in [-0.05, 0) is 41.7 Å². The van der Waals surface area contributed by atoms with Crippen LogP contribution < -0.4 is 0 Å². The van der Waals surface area contributed by atoms with Crippen molar-refractivity contribution in [3.05, 3.63) is 35.4 Å². The van der Waals surface area contributed by atoms with Crippen molar-refractivity contribution in [2.45, 2.75) is 46.1 Å². The van der Waals surface area contributed by atoms with Crippen LogP contribution in [0.4, 0.5) is 0 Å².